The second-order valence-electron chi connectivity index (χ2n) is 7.93. The fourth-order valence-corrected chi connectivity index (χ4v) is 3.99. The molecule has 0 aromatic heterocycles. The van der Waals surface area contributed by atoms with E-state index < -0.39 is 23.3 Å². The Labute approximate surface area is 179 Å². The highest BCUT2D eigenvalue weighted by molar-refractivity contribution is 5.36. The van der Waals surface area contributed by atoms with Crippen molar-refractivity contribution in [3.63, 3.8) is 0 Å². The van der Waals surface area contributed by atoms with Crippen LogP contribution in [0.3, 0.4) is 0 Å². The fraction of sp³-hybridized carbons (Fsp3) is 0.360. The largest absolute Gasteiger partial charge is 0.508 e. The van der Waals surface area contributed by atoms with Gasteiger partial charge < -0.3 is 9.84 Å². The number of phenols is 1. The van der Waals surface area contributed by atoms with Crippen LogP contribution in [0.1, 0.15) is 36.8 Å². The summed E-state index contributed by atoms with van der Waals surface area (Å²) in [7, 11) is 1.48. The average Bonchev–Trinajstić information content (AvgIpc) is 3.47. The van der Waals surface area contributed by atoms with Crippen molar-refractivity contribution in [3.05, 3.63) is 83.0 Å². The summed E-state index contributed by atoms with van der Waals surface area (Å²) in [5, 5.41) is 9.45. The minimum atomic E-state index is -0.915. The van der Waals surface area contributed by atoms with Gasteiger partial charge in [0.15, 0.2) is 23.3 Å². The number of rotatable bonds is 5. The Morgan fingerprint density at radius 2 is 1.19 bits per heavy atom. The Hall–Kier alpha value is -2.76. The summed E-state index contributed by atoms with van der Waals surface area (Å²) in [5.74, 6) is -2.45. The zero-order valence-corrected chi connectivity index (χ0v) is 17.4. The zero-order chi connectivity index (χ0) is 22.4. The van der Waals surface area contributed by atoms with Gasteiger partial charge in [0, 0.05) is 11.1 Å². The minimum Gasteiger partial charge on any atom is -0.508 e. The maximum Gasteiger partial charge on any atom is 0.165 e. The lowest BCUT2D eigenvalue weighted by Crippen LogP contribution is -2.05. The van der Waals surface area contributed by atoms with Crippen LogP contribution >= 0.6 is 0 Å². The second-order valence-corrected chi connectivity index (χ2v) is 7.93. The van der Waals surface area contributed by atoms with Crippen molar-refractivity contribution in [2.75, 3.05) is 7.11 Å². The zero-order valence-electron chi connectivity index (χ0n) is 17.4. The van der Waals surface area contributed by atoms with E-state index in [0.29, 0.717) is 30.1 Å². The molecule has 2 nitrogen and oxygen atoms in total. The number of ether oxygens (including phenoxy) is 1. The topological polar surface area (TPSA) is 29.5 Å². The lowest BCUT2D eigenvalue weighted by Gasteiger charge is -2.14. The Balaban J connectivity index is 0.000000176. The molecule has 2 aliphatic rings. The summed E-state index contributed by atoms with van der Waals surface area (Å²) < 4.78 is 58.1. The smallest absolute Gasteiger partial charge is 0.165 e. The number of methoxy groups -OCH3 is 1. The molecule has 31 heavy (non-hydrogen) atoms. The van der Waals surface area contributed by atoms with Crippen LogP contribution in [0.15, 0.2) is 48.6 Å². The molecule has 0 unspecified atom stereocenters. The van der Waals surface area contributed by atoms with Crippen LogP contribution in [-0.2, 0) is 12.8 Å². The summed E-state index contributed by atoms with van der Waals surface area (Å²) in [5.41, 5.74) is 0.458. The van der Waals surface area contributed by atoms with Crippen molar-refractivity contribution in [2.24, 2.45) is 11.8 Å². The standard InChI is InChI=1S/C13H14F2O.C12H12F2O/c1-16-12-7-6-11(14)13(15)10(12)8-9-4-2-3-5-9;13-10-5-6-11(15)9(12(10)14)7-8-3-1-2-4-8/h2-3,6-7,9H,4-5,8H2,1H3;1-2,5-6,8,15H,3-4,7H2. The van der Waals surface area contributed by atoms with Crippen LogP contribution in [0.25, 0.3) is 0 Å². The number of hydrogen-bond acceptors (Lipinski definition) is 2. The van der Waals surface area contributed by atoms with E-state index in [1.54, 1.807) is 0 Å². The van der Waals surface area contributed by atoms with Crippen molar-refractivity contribution in [1.82, 2.24) is 0 Å². The molecular formula is C25H26F4O2. The number of benzene rings is 2. The predicted octanol–water partition coefficient (Wildman–Crippen LogP) is 6.66. The van der Waals surface area contributed by atoms with Crippen LogP contribution in [0.2, 0.25) is 0 Å². The first-order chi connectivity index (χ1) is 14.9. The summed E-state index contributed by atoms with van der Waals surface area (Å²) in [6.07, 6.45) is 12.7. The van der Waals surface area contributed by atoms with Crippen molar-refractivity contribution in [2.45, 2.75) is 38.5 Å². The Morgan fingerprint density at radius 3 is 1.71 bits per heavy atom. The van der Waals surface area contributed by atoms with Gasteiger partial charge in [0.25, 0.3) is 0 Å². The molecule has 0 saturated carbocycles. The average molecular weight is 434 g/mol. The SMILES string of the molecule is COc1ccc(F)c(F)c1CC1CC=CC1.Oc1ccc(F)c(F)c1CC1CC=CC1. The molecule has 4 rings (SSSR count). The molecule has 1 N–H and O–H groups in total. The molecule has 2 aromatic rings. The highest BCUT2D eigenvalue weighted by Gasteiger charge is 2.20. The Morgan fingerprint density at radius 1 is 0.742 bits per heavy atom. The molecule has 0 fully saturated rings. The second kappa shape index (κ2) is 10.5. The number of halogens is 4. The van der Waals surface area contributed by atoms with E-state index in [9.17, 15) is 22.7 Å². The Kier molecular flexibility index (Phi) is 7.77. The maximum absolute atomic E-state index is 13.6. The van der Waals surface area contributed by atoms with E-state index in [1.165, 1.54) is 19.2 Å². The number of aromatic hydroxyl groups is 1. The summed E-state index contributed by atoms with van der Waals surface area (Å²) in [6.45, 7) is 0. The molecule has 0 spiro atoms. The molecule has 2 aromatic carbocycles. The summed E-state index contributed by atoms with van der Waals surface area (Å²) in [6, 6.07) is 4.73. The van der Waals surface area contributed by atoms with Crippen LogP contribution < -0.4 is 4.74 Å². The molecule has 0 radical (unpaired) electrons. The molecule has 0 bridgehead atoms. The molecule has 0 heterocycles. The van der Waals surface area contributed by atoms with Crippen molar-refractivity contribution >= 4 is 0 Å². The summed E-state index contributed by atoms with van der Waals surface area (Å²) in [4.78, 5) is 0. The van der Waals surface area contributed by atoms with E-state index >= 15 is 0 Å². The molecule has 166 valence electrons. The lowest BCUT2D eigenvalue weighted by molar-refractivity contribution is 0.391. The normalized spacial score (nSPS) is 15.9. The molecule has 0 amide bonds. The van der Waals surface area contributed by atoms with Crippen LogP contribution in [0.4, 0.5) is 17.6 Å². The van der Waals surface area contributed by atoms with Crippen molar-refractivity contribution in [1.29, 1.82) is 0 Å². The van der Waals surface area contributed by atoms with Gasteiger partial charge in [-0.2, -0.15) is 0 Å². The molecule has 0 atom stereocenters. The number of hydrogen-bond donors (Lipinski definition) is 1. The van der Waals surface area contributed by atoms with Gasteiger partial charge in [-0.1, -0.05) is 24.3 Å². The van der Waals surface area contributed by atoms with Crippen LogP contribution in [-0.4, -0.2) is 12.2 Å². The van der Waals surface area contributed by atoms with E-state index in [-0.39, 0.29) is 17.2 Å². The van der Waals surface area contributed by atoms with Gasteiger partial charge in [0.05, 0.1) is 7.11 Å². The van der Waals surface area contributed by atoms with E-state index in [4.69, 9.17) is 4.74 Å². The van der Waals surface area contributed by atoms with Gasteiger partial charge in [-0.05, 0) is 74.6 Å². The summed E-state index contributed by atoms with van der Waals surface area (Å²) >= 11 is 0. The molecular weight excluding hydrogens is 408 g/mol. The molecule has 0 saturated heterocycles. The Bertz CT molecular complexity index is 952. The maximum atomic E-state index is 13.6. The number of allylic oxidation sites excluding steroid dienone is 4. The fourth-order valence-electron chi connectivity index (χ4n) is 3.99. The lowest BCUT2D eigenvalue weighted by atomic mass is 9.96. The van der Waals surface area contributed by atoms with Crippen LogP contribution in [0, 0.1) is 35.1 Å². The van der Waals surface area contributed by atoms with E-state index in [0.717, 1.165) is 37.8 Å². The first kappa shape index (κ1) is 22.9. The van der Waals surface area contributed by atoms with Crippen molar-refractivity contribution < 1.29 is 27.4 Å². The first-order valence-corrected chi connectivity index (χ1v) is 10.4. The first-order valence-electron chi connectivity index (χ1n) is 10.4. The van der Waals surface area contributed by atoms with Gasteiger partial charge >= 0.3 is 0 Å². The van der Waals surface area contributed by atoms with E-state index in [2.05, 4.69) is 12.2 Å². The van der Waals surface area contributed by atoms with Gasteiger partial charge in [-0.15, -0.1) is 0 Å². The van der Waals surface area contributed by atoms with Crippen molar-refractivity contribution in [3.8, 4) is 11.5 Å². The minimum absolute atomic E-state index is 0.101. The monoisotopic (exact) mass is 434 g/mol. The highest BCUT2D eigenvalue weighted by Crippen LogP contribution is 2.31. The van der Waals surface area contributed by atoms with Gasteiger partial charge in [0.1, 0.15) is 11.5 Å². The predicted molar refractivity (Wildman–Crippen MR) is 112 cm³/mol. The van der Waals surface area contributed by atoms with Gasteiger partial charge in [-0.25, -0.2) is 17.6 Å². The number of phenolic OH excluding ortho intramolecular Hbond substituents is 1. The molecule has 2 aliphatic carbocycles. The molecule has 6 heteroatoms. The third-order valence-electron chi connectivity index (χ3n) is 5.74. The molecule has 0 aliphatic heterocycles. The quantitative estimate of drug-likeness (QED) is 0.421. The highest BCUT2D eigenvalue weighted by atomic mass is 19.2. The van der Waals surface area contributed by atoms with Gasteiger partial charge in [-0.3, -0.25) is 0 Å². The third kappa shape index (κ3) is 5.69. The third-order valence-corrected chi connectivity index (χ3v) is 5.74. The van der Waals surface area contributed by atoms with Crippen LogP contribution in [0.5, 0.6) is 11.5 Å². The van der Waals surface area contributed by atoms with E-state index in [1.807, 2.05) is 12.2 Å². The van der Waals surface area contributed by atoms with Gasteiger partial charge in [0.2, 0.25) is 0 Å².